The molecule has 1 heterocycles. The fourth-order valence-electron chi connectivity index (χ4n) is 2.38. The average molecular weight is 323 g/mol. The van der Waals surface area contributed by atoms with Gasteiger partial charge in [0.2, 0.25) is 10.0 Å². The highest BCUT2D eigenvalue weighted by molar-refractivity contribution is 7.89. The molecule has 0 aliphatic rings. The molecule has 0 aliphatic carbocycles. The minimum atomic E-state index is -3.16. The van der Waals surface area contributed by atoms with Gasteiger partial charge in [0.25, 0.3) is 5.56 Å². The first-order valence-electron chi connectivity index (χ1n) is 7.19. The molecule has 0 saturated carbocycles. The summed E-state index contributed by atoms with van der Waals surface area (Å²) in [6.07, 6.45) is 2.24. The normalized spacial score (nSPS) is 13.4. The highest BCUT2D eigenvalue weighted by atomic mass is 32.2. The molecule has 120 valence electrons. The summed E-state index contributed by atoms with van der Waals surface area (Å²) in [7, 11) is -1.75. The zero-order chi connectivity index (χ0) is 16.2. The molecule has 3 N–H and O–H groups in total. The monoisotopic (exact) mass is 323 g/mol. The third-order valence-corrected chi connectivity index (χ3v) is 5.11. The van der Waals surface area contributed by atoms with Crippen molar-refractivity contribution >= 4 is 20.8 Å². The number of pyridine rings is 1. The highest BCUT2D eigenvalue weighted by Crippen LogP contribution is 2.20. The number of benzene rings is 1. The van der Waals surface area contributed by atoms with Crippen LogP contribution in [0.2, 0.25) is 0 Å². The molecule has 0 fully saturated rings. The van der Waals surface area contributed by atoms with Crippen molar-refractivity contribution in [3.8, 4) is 0 Å². The standard InChI is InChI=1S/C15H21N3O3S/c1-11(17-8-5-9-22(20,21)16-2)14-10-18-15(19)13-7-4-3-6-12(13)14/h3-4,6-7,10-11,16-17H,5,8-9H2,1-2H3,(H,18,19). The fourth-order valence-corrected chi connectivity index (χ4v) is 3.11. The number of aromatic amines is 1. The topological polar surface area (TPSA) is 91.1 Å². The first-order valence-corrected chi connectivity index (χ1v) is 8.85. The Hall–Kier alpha value is -1.70. The van der Waals surface area contributed by atoms with E-state index in [4.69, 9.17) is 0 Å². The summed E-state index contributed by atoms with van der Waals surface area (Å²) < 4.78 is 25.0. The van der Waals surface area contributed by atoms with Gasteiger partial charge in [0.1, 0.15) is 0 Å². The Labute approximate surface area is 130 Å². The number of aromatic nitrogens is 1. The van der Waals surface area contributed by atoms with Crippen molar-refractivity contribution in [2.24, 2.45) is 0 Å². The first-order chi connectivity index (χ1) is 10.4. The second-order valence-electron chi connectivity index (χ2n) is 5.17. The number of hydrogen-bond donors (Lipinski definition) is 3. The number of hydrogen-bond acceptors (Lipinski definition) is 4. The van der Waals surface area contributed by atoms with Gasteiger partial charge in [-0.05, 0) is 44.0 Å². The Morgan fingerprint density at radius 2 is 1.91 bits per heavy atom. The van der Waals surface area contributed by atoms with E-state index in [1.54, 1.807) is 12.3 Å². The summed E-state index contributed by atoms with van der Waals surface area (Å²) in [4.78, 5) is 14.6. The average Bonchev–Trinajstić information content (AvgIpc) is 2.52. The molecule has 1 aromatic heterocycles. The lowest BCUT2D eigenvalue weighted by Gasteiger charge is -2.16. The summed E-state index contributed by atoms with van der Waals surface area (Å²) in [5.74, 6) is 0.0928. The molecule has 0 bridgehead atoms. The Morgan fingerprint density at radius 1 is 1.23 bits per heavy atom. The maximum atomic E-state index is 11.8. The lowest BCUT2D eigenvalue weighted by molar-refractivity contribution is 0.558. The van der Waals surface area contributed by atoms with Gasteiger partial charge in [0.05, 0.1) is 5.75 Å². The molecular formula is C15H21N3O3S. The predicted molar refractivity (Wildman–Crippen MR) is 88.4 cm³/mol. The Bertz CT molecular complexity index is 799. The molecule has 2 rings (SSSR count). The van der Waals surface area contributed by atoms with E-state index in [1.165, 1.54) is 7.05 Å². The summed E-state index contributed by atoms with van der Waals surface area (Å²) >= 11 is 0. The summed E-state index contributed by atoms with van der Waals surface area (Å²) in [6, 6.07) is 7.46. The number of H-pyrrole nitrogens is 1. The van der Waals surface area contributed by atoms with E-state index in [0.717, 1.165) is 10.9 Å². The summed E-state index contributed by atoms with van der Waals surface area (Å²) in [6.45, 7) is 2.57. The minimum absolute atomic E-state index is 0.0130. The van der Waals surface area contributed by atoms with Crippen LogP contribution in [0, 0.1) is 0 Å². The van der Waals surface area contributed by atoms with Crippen LogP contribution in [0.25, 0.3) is 10.8 Å². The zero-order valence-electron chi connectivity index (χ0n) is 12.7. The van der Waals surface area contributed by atoms with E-state index in [9.17, 15) is 13.2 Å². The van der Waals surface area contributed by atoms with Gasteiger partial charge >= 0.3 is 0 Å². The Kier molecular flexibility index (Phi) is 5.33. The molecule has 0 aliphatic heterocycles. The van der Waals surface area contributed by atoms with Gasteiger partial charge in [-0.15, -0.1) is 0 Å². The van der Waals surface area contributed by atoms with E-state index in [-0.39, 0.29) is 17.4 Å². The van der Waals surface area contributed by atoms with Crippen LogP contribution in [0.5, 0.6) is 0 Å². The molecule has 7 heteroatoms. The van der Waals surface area contributed by atoms with Crippen LogP contribution >= 0.6 is 0 Å². The molecule has 0 amide bonds. The zero-order valence-corrected chi connectivity index (χ0v) is 13.5. The van der Waals surface area contributed by atoms with E-state index in [1.807, 2.05) is 25.1 Å². The maximum Gasteiger partial charge on any atom is 0.255 e. The summed E-state index contributed by atoms with van der Waals surface area (Å²) in [5.41, 5.74) is 0.887. The fraction of sp³-hybridized carbons (Fsp3) is 0.400. The number of sulfonamides is 1. The van der Waals surface area contributed by atoms with Crippen molar-refractivity contribution < 1.29 is 8.42 Å². The smallest absolute Gasteiger partial charge is 0.255 e. The van der Waals surface area contributed by atoms with Gasteiger partial charge in [0.15, 0.2) is 0 Å². The Balaban J connectivity index is 2.06. The molecule has 0 saturated heterocycles. The second kappa shape index (κ2) is 7.04. The summed E-state index contributed by atoms with van der Waals surface area (Å²) in [5, 5.41) is 4.86. The molecule has 0 spiro atoms. The highest BCUT2D eigenvalue weighted by Gasteiger charge is 2.11. The van der Waals surface area contributed by atoms with Gasteiger partial charge in [-0.1, -0.05) is 18.2 Å². The van der Waals surface area contributed by atoms with Crippen LogP contribution in [0.3, 0.4) is 0 Å². The predicted octanol–water partition coefficient (Wildman–Crippen LogP) is 1.12. The molecule has 1 aromatic carbocycles. The lowest BCUT2D eigenvalue weighted by atomic mass is 10.0. The van der Waals surface area contributed by atoms with Gasteiger partial charge in [-0.3, -0.25) is 4.79 Å². The quantitative estimate of drug-likeness (QED) is 0.666. The van der Waals surface area contributed by atoms with Gasteiger partial charge in [0, 0.05) is 17.6 Å². The van der Waals surface area contributed by atoms with E-state index in [0.29, 0.717) is 18.4 Å². The molecule has 2 aromatic rings. The third-order valence-electron chi connectivity index (χ3n) is 3.66. The number of fused-ring (bicyclic) bond motifs is 1. The van der Waals surface area contributed by atoms with Crippen LogP contribution in [-0.4, -0.2) is 32.7 Å². The van der Waals surface area contributed by atoms with Gasteiger partial charge < -0.3 is 10.3 Å². The number of nitrogens with one attached hydrogen (secondary N) is 3. The van der Waals surface area contributed by atoms with Gasteiger partial charge in [-0.25, -0.2) is 13.1 Å². The van der Waals surface area contributed by atoms with Crippen molar-refractivity contribution in [1.29, 1.82) is 0 Å². The van der Waals surface area contributed by atoms with Crippen LogP contribution in [0.4, 0.5) is 0 Å². The second-order valence-corrected chi connectivity index (χ2v) is 7.22. The minimum Gasteiger partial charge on any atom is -0.328 e. The third kappa shape index (κ3) is 3.94. The SMILES string of the molecule is CNS(=O)(=O)CCCNC(C)c1c[nH]c(=O)c2ccccc12. The van der Waals surface area contributed by atoms with Crippen molar-refractivity contribution in [3.63, 3.8) is 0 Å². The van der Waals surface area contributed by atoms with Crippen LogP contribution in [0.15, 0.2) is 35.3 Å². The number of rotatable bonds is 7. The lowest BCUT2D eigenvalue weighted by Crippen LogP contribution is -2.26. The molecule has 22 heavy (non-hydrogen) atoms. The Morgan fingerprint density at radius 3 is 2.59 bits per heavy atom. The largest absolute Gasteiger partial charge is 0.328 e. The van der Waals surface area contributed by atoms with E-state index < -0.39 is 10.0 Å². The first kappa shape index (κ1) is 16.7. The van der Waals surface area contributed by atoms with Crippen molar-refractivity contribution in [2.75, 3.05) is 19.3 Å². The maximum absolute atomic E-state index is 11.8. The van der Waals surface area contributed by atoms with Crippen molar-refractivity contribution in [2.45, 2.75) is 19.4 Å². The molecular weight excluding hydrogens is 302 g/mol. The molecule has 0 radical (unpaired) electrons. The van der Waals surface area contributed by atoms with E-state index in [2.05, 4.69) is 15.0 Å². The van der Waals surface area contributed by atoms with E-state index >= 15 is 0 Å². The van der Waals surface area contributed by atoms with Crippen LogP contribution < -0.4 is 15.6 Å². The van der Waals surface area contributed by atoms with Crippen LogP contribution in [0.1, 0.15) is 24.9 Å². The van der Waals surface area contributed by atoms with Gasteiger partial charge in [-0.2, -0.15) is 0 Å². The van der Waals surface area contributed by atoms with Crippen LogP contribution in [-0.2, 0) is 10.0 Å². The molecule has 1 atom stereocenters. The molecule has 1 unspecified atom stereocenters. The van der Waals surface area contributed by atoms with Crippen molar-refractivity contribution in [3.05, 3.63) is 46.4 Å². The molecule has 6 nitrogen and oxygen atoms in total. The van der Waals surface area contributed by atoms with Crippen molar-refractivity contribution in [1.82, 2.24) is 15.0 Å².